The van der Waals surface area contributed by atoms with E-state index in [2.05, 4.69) is 10.5 Å². The molecule has 0 aliphatic carbocycles. The Kier molecular flexibility index (Phi) is 2.99. The zero-order valence-corrected chi connectivity index (χ0v) is 10.4. The van der Waals surface area contributed by atoms with Gasteiger partial charge in [0.05, 0.1) is 5.69 Å². The van der Waals surface area contributed by atoms with Gasteiger partial charge < -0.3 is 4.90 Å². The van der Waals surface area contributed by atoms with Gasteiger partial charge in [-0.15, -0.1) is 11.3 Å². The molecule has 0 spiro atoms. The summed E-state index contributed by atoms with van der Waals surface area (Å²) in [6, 6.07) is 2.69. The molecule has 0 unspecified atom stereocenters. The van der Waals surface area contributed by atoms with Gasteiger partial charge in [0.2, 0.25) is 0 Å². The lowest BCUT2D eigenvalue weighted by atomic mass is 10.1. The van der Waals surface area contributed by atoms with Gasteiger partial charge in [-0.1, -0.05) is 0 Å². The second-order valence-corrected chi connectivity index (χ2v) is 4.96. The van der Waals surface area contributed by atoms with Crippen molar-refractivity contribution in [2.45, 2.75) is 12.8 Å². The molecule has 1 fully saturated rings. The molecular formula is C13H11F2N2S. The van der Waals surface area contributed by atoms with Crippen molar-refractivity contribution in [3.05, 3.63) is 34.7 Å². The maximum Gasteiger partial charge on any atom is 0.152 e. The van der Waals surface area contributed by atoms with Gasteiger partial charge in [0.1, 0.15) is 17.3 Å². The Morgan fingerprint density at radius 2 is 1.83 bits per heavy atom. The first-order chi connectivity index (χ1) is 8.75. The number of hydrogen-bond donors (Lipinski definition) is 0. The van der Waals surface area contributed by atoms with Gasteiger partial charge in [0.15, 0.2) is 5.51 Å². The summed E-state index contributed by atoms with van der Waals surface area (Å²) in [6.07, 6.45) is 1.98. The molecule has 1 saturated heterocycles. The average Bonchev–Trinajstić information content (AvgIpc) is 3.01. The number of benzene rings is 1. The summed E-state index contributed by atoms with van der Waals surface area (Å²) in [5.74, 6) is -1.03. The Balaban J connectivity index is 2.03. The van der Waals surface area contributed by atoms with Crippen LogP contribution in [0.1, 0.15) is 12.8 Å². The molecule has 1 aliphatic heterocycles. The van der Waals surface area contributed by atoms with Gasteiger partial charge in [-0.3, -0.25) is 0 Å². The lowest BCUT2D eigenvalue weighted by Gasteiger charge is -2.19. The first kappa shape index (κ1) is 11.6. The van der Waals surface area contributed by atoms with E-state index in [9.17, 15) is 8.78 Å². The molecular weight excluding hydrogens is 254 g/mol. The molecule has 0 bridgehead atoms. The molecule has 1 radical (unpaired) electrons. The van der Waals surface area contributed by atoms with Gasteiger partial charge in [0.25, 0.3) is 0 Å². The van der Waals surface area contributed by atoms with Crippen molar-refractivity contribution in [2.24, 2.45) is 0 Å². The van der Waals surface area contributed by atoms with Crippen LogP contribution in [0.4, 0.5) is 14.5 Å². The molecule has 18 heavy (non-hydrogen) atoms. The number of halogens is 2. The van der Waals surface area contributed by atoms with E-state index in [1.807, 2.05) is 0 Å². The van der Waals surface area contributed by atoms with E-state index in [0.717, 1.165) is 25.9 Å². The minimum atomic E-state index is -0.514. The highest BCUT2D eigenvalue weighted by molar-refractivity contribution is 7.07. The van der Waals surface area contributed by atoms with Crippen molar-refractivity contribution in [3.63, 3.8) is 0 Å². The van der Waals surface area contributed by atoms with Crippen molar-refractivity contribution < 1.29 is 8.78 Å². The molecule has 1 aromatic carbocycles. The van der Waals surface area contributed by atoms with Gasteiger partial charge in [0, 0.05) is 24.0 Å². The molecule has 2 heterocycles. The van der Waals surface area contributed by atoms with E-state index in [4.69, 9.17) is 0 Å². The van der Waals surface area contributed by atoms with Crippen LogP contribution in [0.2, 0.25) is 0 Å². The fraction of sp³-hybridized carbons (Fsp3) is 0.308. The van der Waals surface area contributed by atoms with E-state index in [1.165, 1.54) is 23.5 Å². The van der Waals surface area contributed by atoms with Gasteiger partial charge in [-0.05, 0) is 25.0 Å². The van der Waals surface area contributed by atoms with Crippen LogP contribution in [-0.4, -0.2) is 18.1 Å². The Labute approximate surface area is 108 Å². The Hall–Kier alpha value is -1.49. The number of nitrogens with zero attached hydrogens (tertiary/aromatic N) is 2. The van der Waals surface area contributed by atoms with E-state index in [0.29, 0.717) is 11.3 Å². The molecule has 93 valence electrons. The third-order valence-corrected chi connectivity index (χ3v) is 3.66. The lowest BCUT2D eigenvalue weighted by Crippen LogP contribution is -2.20. The monoisotopic (exact) mass is 265 g/mol. The zero-order chi connectivity index (χ0) is 12.5. The summed E-state index contributed by atoms with van der Waals surface area (Å²) in [6.45, 7) is 1.44. The predicted molar refractivity (Wildman–Crippen MR) is 67.7 cm³/mol. The van der Waals surface area contributed by atoms with Crippen molar-refractivity contribution in [2.75, 3.05) is 18.0 Å². The van der Waals surface area contributed by atoms with E-state index >= 15 is 0 Å². The molecule has 1 aliphatic rings. The molecule has 0 amide bonds. The van der Waals surface area contributed by atoms with E-state index in [-0.39, 0.29) is 5.69 Å². The second-order valence-electron chi connectivity index (χ2n) is 4.31. The predicted octanol–water partition coefficient (Wildman–Crippen LogP) is 3.49. The SMILES string of the molecule is Fc1cc(-c2cs[c]n2)cc(F)c1N1CCCC1. The quantitative estimate of drug-likeness (QED) is 0.826. The summed E-state index contributed by atoms with van der Waals surface area (Å²) in [7, 11) is 0. The van der Waals surface area contributed by atoms with Crippen LogP contribution in [0.5, 0.6) is 0 Å². The molecule has 3 rings (SSSR count). The summed E-state index contributed by atoms with van der Waals surface area (Å²) in [5, 5.41) is 1.73. The van der Waals surface area contributed by atoms with Crippen molar-refractivity contribution >= 4 is 17.0 Å². The van der Waals surface area contributed by atoms with Crippen LogP contribution in [0.3, 0.4) is 0 Å². The maximum atomic E-state index is 14.0. The standard InChI is InChI=1S/C13H11F2N2S/c14-10-5-9(12-7-18-8-16-12)6-11(15)13(10)17-3-1-2-4-17/h5-7H,1-4H2. The van der Waals surface area contributed by atoms with Crippen molar-refractivity contribution in [1.82, 2.24) is 4.98 Å². The molecule has 0 atom stereocenters. The Bertz CT molecular complexity index is 525. The Morgan fingerprint density at radius 3 is 2.39 bits per heavy atom. The first-order valence-corrected chi connectivity index (χ1v) is 6.69. The number of anilines is 1. The highest BCUT2D eigenvalue weighted by atomic mass is 32.1. The average molecular weight is 265 g/mol. The van der Waals surface area contributed by atoms with Crippen LogP contribution in [0.25, 0.3) is 11.3 Å². The number of thiazole rings is 1. The molecule has 2 nitrogen and oxygen atoms in total. The molecule has 0 saturated carbocycles. The summed E-state index contributed by atoms with van der Waals surface area (Å²) >= 11 is 1.28. The Morgan fingerprint density at radius 1 is 1.17 bits per heavy atom. The summed E-state index contributed by atoms with van der Waals surface area (Å²) in [5.41, 5.74) is 3.79. The first-order valence-electron chi connectivity index (χ1n) is 5.81. The largest absolute Gasteiger partial charge is 0.367 e. The summed E-state index contributed by atoms with van der Waals surface area (Å²) < 4.78 is 28.1. The second kappa shape index (κ2) is 4.65. The fourth-order valence-electron chi connectivity index (χ4n) is 2.27. The van der Waals surface area contributed by atoms with Crippen LogP contribution in [0, 0.1) is 17.1 Å². The third kappa shape index (κ3) is 1.99. The van der Waals surface area contributed by atoms with E-state index < -0.39 is 11.6 Å². The normalized spacial score (nSPS) is 15.3. The molecule has 1 aromatic heterocycles. The molecule has 2 aromatic rings. The fourth-order valence-corrected chi connectivity index (χ4v) is 2.78. The van der Waals surface area contributed by atoms with E-state index in [1.54, 1.807) is 10.3 Å². The highest BCUT2D eigenvalue weighted by Crippen LogP contribution is 2.31. The van der Waals surface area contributed by atoms with Crippen LogP contribution in [-0.2, 0) is 0 Å². The zero-order valence-electron chi connectivity index (χ0n) is 9.62. The summed E-state index contributed by atoms with van der Waals surface area (Å²) in [4.78, 5) is 5.71. The number of aromatic nitrogens is 1. The highest BCUT2D eigenvalue weighted by Gasteiger charge is 2.21. The van der Waals surface area contributed by atoms with Gasteiger partial charge in [-0.2, -0.15) is 0 Å². The van der Waals surface area contributed by atoms with Crippen LogP contribution >= 0.6 is 11.3 Å². The smallest absolute Gasteiger partial charge is 0.152 e. The minimum Gasteiger partial charge on any atom is -0.367 e. The number of hydrogen-bond acceptors (Lipinski definition) is 3. The maximum absolute atomic E-state index is 14.0. The topological polar surface area (TPSA) is 16.1 Å². The minimum absolute atomic E-state index is 0.0930. The van der Waals surface area contributed by atoms with Gasteiger partial charge in [-0.25, -0.2) is 13.8 Å². The molecule has 0 N–H and O–H groups in total. The lowest BCUT2D eigenvalue weighted by molar-refractivity contribution is 0.578. The van der Waals surface area contributed by atoms with Crippen LogP contribution < -0.4 is 4.90 Å². The number of rotatable bonds is 2. The van der Waals surface area contributed by atoms with Gasteiger partial charge >= 0.3 is 0 Å². The van der Waals surface area contributed by atoms with Crippen molar-refractivity contribution in [1.29, 1.82) is 0 Å². The van der Waals surface area contributed by atoms with Crippen molar-refractivity contribution in [3.8, 4) is 11.3 Å². The van der Waals surface area contributed by atoms with Crippen LogP contribution in [0.15, 0.2) is 17.5 Å². The molecule has 5 heteroatoms. The third-order valence-electron chi connectivity index (χ3n) is 3.12.